The van der Waals surface area contributed by atoms with Crippen LogP contribution in [0.2, 0.25) is 0 Å². The molecule has 0 atom stereocenters. The fourth-order valence-electron chi connectivity index (χ4n) is 3.72. The Morgan fingerprint density at radius 1 is 1.22 bits per heavy atom. The lowest BCUT2D eigenvalue weighted by Gasteiger charge is -2.38. The van der Waals surface area contributed by atoms with E-state index < -0.39 is 12.0 Å². The van der Waals surface area contributed by atoms with Crippen LogP contribution in [0.4, 0.5) is 19.0 Å². The quantitative estimate of drug-likeness (QED) is 0.516. The van der Waals surface area contributed by atoms with Gasteiger partial charge in [-0.2, -0.15) is 23.3 Å². The van der Waals surface area contributed by atoms with Crippen LogP contribution in [0.25, 0.3) is 10.9 Å². The Hall–Kier alpha value is -3.96. The maximum absolute atomic E-state index is 12.8. The number of nitrogen functional groups attached to an aromatic ring is 1. The average Bonchev–Trinajstić information content (AvgIpc) is 3.33. The molecule has 0 aliphatic carbocycles. The van der Waals surface area contributed by atoms with E-state index in [1.807, 2.05) is 24.3 Å². The molecule has 4 heterocycles. The number of benzene rings is 1. The first-order chi connectivity index (χ1) is 15.3. The molecule has 12 heteroatoms. The number of hydrogen-bond acceptors (Lipinski definition) is 7. The number of carbonyl (C=O) groups is 1. The maximum atomic E-state index is 12.8. The third-order valence-corrected chi connectivity index (χ3v) is 5.28. The van der Waals surface area contributed by atoms with Gasteiger partial charge in [-0.05, 0) is 18.2 Å². The van der Waals surface area contributed by atoms with Crippen molar-refractivity contribution in [3.63, 3.8) is 0 Å². The van der Waals surface area contributed by atoms with Gasteiger partial charge in [0.05, 0.1) is 11.2 Å². The van der Waals surface area contributed by atoms with Crippen LogP contribution in [-0.4, -0.2) is 48.8 Å². The molecule has 1 aromatic carbocycles. The molecule has 0 spiro atoms. The zero-order valence-corrected chi connectivity index (χ0v) is 16.5. The van der Waals surface area contributed by atoms with Crippen molar-refractivity contribution >= 4 is 22.6 Å². The summed E-state index contributed by atoms with van der Waals surface area (Å²) in [7, 11) is 0. The molecule has 164 valence electrons. The van der Waals surface area contributed by atoms with E-state index in [2.05, 4.69) is 20.2 Å². The number of fused-ring (bicyclic) bond motifs is 1. The molecule has 1 saturated heterocycles. The van der Waals surface area contributed by atoms with Crippen LogP contribution < -0.4 is 5.73 Å². The number of pyridine rings is 1. The second kappa shape index (κ2) is 7.32. The van der Waals surface area contributed by atoms with Gasteiger partial charge in [0, 0.05) is 36.2 Å². The number of carbonyl (C=O) groups excluding carboxylic acids is 1. The number of nitrogens with two attached hydrogens (primary N) is 1. The molecular weight excluding hydrogens is 427 g/mol. The van der Waals surface area contributed by atoms with E-state index in [0.29, 0.717) is 18.7 Å². The molecular formula is C20H16F3N7O2. The summed E-state index contributed by atoms with van der Waals surface area (Å²) >= 11 is 0. The Kier molecular flexibility index (Phi) is 4.57. The van der Waals surface area contributed by atoms with Gasteiger partial charge in [0.2, 0.25) is 5.89 Å². The van der Waals surface area contributed by atoms with E-state index in [1.54, 1.807) is 11.0 Å². The third-order valence-electron chi connectivity index (χ3n) is 5.28. The highest BCUT2D eigenvalue weighted by atomic mass is 19.4. The largest absolute Gasteiger partial charge is 0.455 e. The van der Waals surface area contributed by atoms with E-state index in [1.165, 1.54) is 16.9 Å². The lowest BCUT2D eigenvalue weighted by molar-refractivity contribution is -0.146. The fourth-order valence-corrected chi connectivity index (χ4v) is 3.72. The summed E-state index contributed by atoms with van der Waals surface area (Å²) in [6, 6.07) is 10.5. The molecule has 32 heavy (non-hydrogen) atoms. The van der Waals surface area contributed by atoms with Crippen LogP contribution in [0.3, 0.4) is 0 Å². The van der Waals surface area contributed by atoms with E-state index >= 15 is 0 Å². The van der Waals surface area contributed by atoms with Gasteiger partial charge in [-0.25, -0.2) is 4.98 Å². The zero-order valence-electron chi connectivity index (χ0n) is 16.5. The number of amides is 1. The predicted molar refractivity (Wildman–Crippen MR) is 105 cm³/mol. The van der Waals surface area contributed by atoms with Crippen LogP contribution in [0.5, 0.6) is 0 Å². The minimum absolute atomic E-state index is 0.0160. The van der Waals surface area contributed by atoms with Gasteiger partial charge < -0.3 is 15.2 Å². The summed E-state index contributed by atoms with van der Waals surface area (Å²) in [5.41, 5.74) is 7.60. The molecule has 1 fully saturated rings. The normalized spacial score (nSPS) is 14.7. The highest BCUT2D eigenvalue weighted by molar-refractivity contribution is 5.95. The number of anilines is 1. The molecule has 0 saturated carbocycles. The number of alkyl halides is 3. The Balaban J connectivity index is 1.37. The SMILES string of the molecule is Nc1cc(C(=O)N2CC(c3nn(Cc4nc(C(F)(F)F)no4)c4ccccc34)C2)ccn1. The first-order valence-corrected chi connectivity index (χ1v) is 9.65. The molecule has 9 nitrogen and oxygen atoms in total. The Labute approximate surface area is 178 Å². The summed E-state index contributed by atoms with van der Waals surface area (Å²) in [6.07, 6.45) is -3.20. The van der Waals surface area contributed by atoms with Crippen LogP contribution >= 0.6 is 0 Å². The molecule has 2 N–H and O–H groups in total. The minimum Gasteiger partial charge on any atom is -0.384 e. The molecule has 5 rings (SSSR count). The number of nitrogens with zero attached hydrogens (tertiary/aromatic N) is 6. The van der Waals surface area contributed by atoms with E-state index in [-0.39, 0.29) is 30.1 Å². The summed E-state index contributed by atoms with van der Waals surface area (Å²) in [5, 5.41) is 8.44. The summed E-state index contributed by atoms with van der Waals surface area (Å²) in [6.45, 7) is 0.816. The highest BCUT2D eigenvalue weighted by Crippen LogP contribution is 2.33. The summed E-state index contributed by atoms with van der Waals surface area (Å²) in [4.78, 5) is 21.6. The van der Waals surface area contributed by atoms with Gasteiger partial charge in [-0.1, -0.05) is 23.4 Å². The van der Waals surface area contributed by atoms with Gasteiger partial charge in [0.25, 0.3) is 11.7 Å². The molecule has 4 aromatic rings. The van der Waals surface area contributed by atoms with Crippen LogP contribution in [-0.2, 0) is 12.7 Å². The third kappa shape index (κ3) is 3.53. The number of rotatable bonds is 4. The molecule has 1 aliphatic rings. The first kappa shape index (κ1) is 20.0. The van der Waals surface area contributed by atoms with Crippen LogP contribution in [0.1, 0.15) is 33.7 Å². The van der Waals surface area contributed by atoms with Crippen molar-refractivity contribution in [1.29, 1.82) is 0 Å². The smallest absolute Gasteiger partial charge is 0.384 e. The summed E-state index contributed by atoms with van der Waals surface area (Å²) < 4.78 is 44.5. The zero-order chi connectivity index (χ0) is 22.5. The number of para-hydroxylation sites is 1. The van der Waals surface area contributed by atoms with Crippen molar-refractivity contribution in [2.24, 2.45) is 0 Å². The predicted octanol–water partition coefficient (Wildman–Crippen LogP) is 2.70. The van der Waals surface area contributed by atoms with Crippen molar-refractivity contribution in [3.05, 3.63) is 65.6 Å². The van der Waals surface area contributed by atoms with Crippen molar-refractivity contribution in [2.75, 3.05) is 18.8 Å². The molecule has 0 unspecified atom stereocenters. The van der Waals surface area contributed by atoms with Gasteiger partial charge in [-0.3, -0.25) is 9.48 Å². The van der Waals surface area contributed by atoms with Gasteiger partial charge in [0.15, 0.2) is 0 Å². The minimum atomic E-state index is -4.68. The Morgan fingerprint density at radius 2 is 2.00 bits per heavy atom. The average molecular weight is 443 g/mol. The second-order valence-corrected chi connectivity index (χ2v) is 7.45. The lowest BCUT2D eigenvalue weighted by atomic mass is 9.93. The number of halogens is 3. The van der Waals surface area contributed by atoms with Crippen molar-refractivity contribution in [3.8, 4) is 0 Å². The Morgan fingerprint density at radius 3 is 2.72 bits per heavy atom. The van der Waals surface area contributed by atoms with Crippen molar-refractivity contribution in [2.45, 2.75) is 18.6 Å². The highest BCUT2D eigenvalue weighted by Gasteiger charge is 2.38. The van der Waals surface area contributed by atoms with Crippen LogP contribution in [0, 0.1) is 0 Å². The topological polar surface area (TPSA) is 116 Å². The number of likely N-dealkylation sites (tertiary alicyclic amines) is 1. The van der Waals surface area contributed by atoms with E-state index in [0.717, 1.165) is 16.6 Å². The molecule has 1 aliphatic heterocycles. The Bertz CT molecular complexity index is 1310. The second-order valence-electron chi connectivity index (χ2n) is 7.45. The number of hydrogen-bond donors (Lipinski definition) is 1. The summed E-state index contributed by atoms with van der Waals surface area (Å²) in [5.74, 6) is -1.42. The maximum Gasteiger partial charge on any atom is 0.455 e. The van der Waals surface area contributed by atoms with Crippen molar-refractivity contribution in [1.82, 2.24) is 29.8 Å². The van der Waals surface area contributed by atoms with Crippen LogP contribution in [0.15, 0.2) is 47.1 Å². The van der Waals surface area contributed by atoms with Gasteiger partial charge in [0.1, 0.15) is 12.4 Å². The monoisotopic (exact) mass is 443 g/mol. The first-order valence-electron chi connectivity index (χ1n) is 9.65. The fraction of sp³-hybridized carbons (Fsp3) is 0.250. The van der Waals surface area contributed by atoms with Gasteiger partial charge in [-0.15, -0.1) is 0 Å². The molecule has 3 aromatic heterocycles. The molecule has 1 amide bonds. The van der Waals surface area contributed by atoms with Gasteiger partial charge >= 0.3 is 6.18 Å². The molecule has 0 radical (unpaired) electrons. The van der Waals surface area contributed by atoms with E-state index in [9.17, 15) is 18.0 Å². The lowest BCUT2D eigenvalue weighted by Crippen LogP contribution is -2.48. The van der Waals surface area contributed by atoms with Crippen molar-refractivity contribution < 1.29 is 22.5 Å². The number of aromatic nitrogens is 5. The standard InChI is InChI=1S/C20H16F3N7O2/c21-20(22,23)19-26-16(32-28-19)10-30-14-4-2-1-3-13(14)17(27-30)12-8-29(9-12)18(31)11-5-6-25-15(24)7-11/h1-7,12H,8-10H2,(H2,24,25). The molecule has 0 bridgehead atoms. The van der Waals surface area contributed by atoms with E-state index in [4.69, 9.17) is 10.3 Å².